The fourth-order valence-electron chi connectivity index (χ4n) is 1.88. The summed E-state index contributed by atoms with van der Waals surface area (Å²) >= 11 is 0. The van der Waals surface area contributed by atoms with Crippen molar-refractivity contribution in [3.8, 4) is 12.3 Å². The maximum Gasteiger partial charge on any atom is 0.534 e. The van der Waals surface area contributed by atoms with Crippen LogP contribution in [-0.4, -0.2) is 13.9 Å². The van der Waals surface area contributed by atoms with Gasteiger partial charge in [-0.1, -0.05) is 5.92 Å². The van der Waals surface area contributed by atoms with E-state index in [2.05, 4.69) is 10.1 Å². The molecule has 0 spiro atoms. The molecule has 0 saturated carbocycles. The van der Waals surface area contributed by atoms with E-state index in [1.54, 1.807) is 13.8 Å². The van der Waals surface area contributed by atoms with Gasteiger partial charge in [-0.3, -0.25) is 0 Å². The third kappa shape index (κ3) is 3.57. The molecule has 0 heterocycles. The van der Waals surface area contributed by atoms with Gasteiger partial charge in [0.1, 0.15) is 5.76 Å². The van der Waals surface area contributed by atoms with Gasteiger partial charge < -0.3 is 4.18 Å². The van der Waals surface area contributed by atoms with E-state index >= 15 is 0 Å². The van der Waals surface area contributed by atoms with Crippen molar-refractivity contribution >= 4 is 10.1 Å². The molecule has 1 rings (SSSR count). The fraction of sp³-hybridized carbons (Fsp3) is 0.538. The Morgan fingerprint density at radius 1 is 1.25 bits per heavy atom. The summed E-state index contributed by atoms with van der Waals surface area (Å²) < 4.78 is 63.6. The summed E-state index contributed by atoms with van der Waals surface area (Å²) in [7, 11) is -5.63. The van der Waals surface area contributed by atoms with Gasteiger partial charge in [0.2, 0.25) is 0 Å². The van der Waals surface area contributed by atoms with Crippen molar-refractivity contribution in [2.75, 3.05) is 0 Å². The van der Waals surface area contributed by atoms with Crippen LogP contribution in [0.15, 0.2) is 22.5 Å². The maximum absolute atomic E-state index is 12.4. The molecule has 0 aromatic rings. The van der Waals surface area contributed by atoms with Crippen LogP contribution in [0.25, 0.3) is 0 Å². The lowest BCUT2D eigenvalue weighted by Crippen LogP contribution is -2.26. The second-order valence-electron chi connectivity index (χ2n) is 4.49. The molecule has 0 amide bonds. The first-order valence-electron chi connectivity index (χ1n) is 5.97. The Morgan fingerprint density at radius 2 is 1.80 bits per heavy atom. The molecular formula is C13H15F3O3S. The van der Waals surface area contributed by atoms with Gasteiger partial charge in [0.25, 0.3) is 0 Å². The van der Waals surface area contributed by atoms with Crippen molar-refractivity contribution in [2.45, 2.75) is 45.0 Å². The lowest BCUT2D eigenvalue weighted by Gasteiger charge is -2.22. The molecule has 0 bridgehead atoms. The zero-order valence-electron chi connectivity index (χ0n) is 11.2. The maximum atomic E-state index is 12.4. The molecule has 3 nitrogen and oxygen atoms in total. The van der Waals surface area contributed by atoms with Crippen LogP contribution in [0.4, 0.5) is 13.2 Å². The lowest BCUT2D eigenvalue weighted by molar-refractivity contribution is -0.0524. The van der Waals surface area contributed by atoms with Crippen LogP contribution in [0, 0.1) is 12.3 Å². The van der Waals surface area contributed by atoms with E-state index in [1.165, 1.54) is 0 Å². The molecule has 0 aromatic carbocycles. The number of hydrogen-bond acceptors (Lipinski definition) is 3. The molecule has 0 aliphatic heterocycles. The van der Waals surface area contributed by atoms with Crippen LogP contribution in [0.3, 0.4) is 0 Å². The van der Waals surface area contributed by atoms with Gasteiger partial charge in [0.05, 0.1) is 0 Å². The number of rotatable bonds is 3. The molecule has 1 aliphatic rings. The quantitative estimate of drug-likeness (QED) is 0.454. The summed E-state index contributed by atoms with van der Waals surface area (Å²) in [5, 5.41) is 0. The smallest absolute Gasteiger partial charge is 0.380 e. The van der Waals surface area contributed by atoms with Crippen molar-refractivity contribution < 1.29 is 25.8 Å². The summed E-state index contributed by atoms with van der Waals surface area (Å²) in [5.41, 5.74) is -3.83. The van der Waals surface area contributed by atoms with Crippen LogP contribution >= 0.6 is 0 Å². The molecule has 1 aliphatic carbocycles. The Kier molecular flexibility index (Phi) is 4.92. The van der Waals surface area contributed by atoms with E-state index in [0.717, 1.165) is 6.42 Å². The third-order valence-electron chi connectivity index (χ3n) is 3.14. The molecule has 0 fully saturated rings. The first kappa shape index (κ1) is 16.6. The summed E-state index contributed by atoms with van der Waals surface area (Å²) in [6, 6.07) is 0. The van der Waals surface area contributed by atoms with Crippen LogP contribution in [-0.2, 0) is 14.3 Å². The number of halogens is 3. The fourth-order valence-corrected chi connectivity index (χ4v) is 2.42. The Morgan fingerprint density at radius 3 is 2.30 bits per heavy atom. The summed E-state index contributed by atoms with van der Waals surface area (Å²) in [6.07, 6.45) is 7.19. The summed E-state index contributed by atoms with van der Waals surface area (Å²) in [5.74, 6) is 2.24. The van der Waals surface area contributed by atoms with Crippen LogP contribution in [0.5, 0.6) is 0 Å². The van der Waals surface area contributed by atoms with Crippen LogP contribution in [0.2, 0.25) is 0 Å². The highest BCUT2D eigenvalue weighted by molar-refractivity contribution is 7.87. The minimum Gasteiger partial charge on any atom is -0.380 e. The third-order valence-corrected chi connectivity index (χ3v) is 4.13. The van der Waals surface area contributed by atoms with Crippen molar-refractivity contribution in [1.82, 2.24) is 0 Å². The van der Waals surface area contributed by atoms with E-state index in [-0.39, 0.29) is 12.2 Å². The predicted octanol–water partition coefficient (Wildman–Crippen LogP) is 3.65. The van der Waals surface area contributed by atoms with E-state index in [0.29, 0.717) is 29.6 Å². The molecular weight excluding hydrogens is 293 g/mol. The average Bonchev–Trinajstić information content (AvgIpc) is 2.36. The molecule has 0 unspecified atom stereocenters. The first-order chi connectivity index (χ1) is 9.10. The van der Waals surface area contributed by atoms with Crippen LogP contribution in [0.1, 0.15) is 39.5 Å². The van der Waals surface area contributed by atoms with Gasteiger partial charge >= 0.3 is 15.6 Å². The standard InChI is InChI=1S/C13H15F3O3S/c1-4-9(2)10(3)11-7-5-6-8-12(11)19-20(17,18)13(14,15)16/h1H,5-8H2,2-3H3/b10-9+. The average molecular weight is 308 g/mol. The van der Waals surface area contributed by atoms with E-state index < -0.39 is 15.6 Å². The Hall–Kier alpha value is -1.42. The SMILES string of the molecule is C#C/C(C)=C(\C)C1=C(OS(=O)(=O)C(F)(F)F)CCCC1. The number of terminal acetylenes is 1. The topological polar surface area (TPSA) is 43.4 Å². The van der Waals surface area contributed by atoms with Gasteiger partial charge in [-0.05, 0) is 44.3 Å². The molecule has 0 saturated heterocycles. The minimum atomic E-state index is -5.63. The largest absolute Gasteiger partial charge is 0.534 e. The van der Waals surface area contributed by atoms with Crippen molar-refractivity contribution in [3.05, 3.63) is 22.5 Å². The van der Waals surface area contributed by atoms with E-state index in [1.807, 2.05) is 0 Å². The minimum absolute atomic E-state index is 0.152. The zero-order chi connectivity index (χ0) is 15.6. The number of hydrogen-bond donors (Lipinski definition) is 0. The molecule has 0 radical (unpaired) electrons. The van der Waals surface area contributed by atoms with E-state index in [9.17, 15) is 21.6 Å². The van der Waals surface area contributed by atoms with Crippen molar-refractivity contribution in [2.24, 2.45) is 0 Å². The van der Waals surface area contributed by atoms with Gasteiger partial charge in [-0.2, -0.15) is 21.6 Å². The monoisotopic (exact) mass is 308 g/mol. The highest BCUT2D eigenvalue weighted by Crippen LogP contribution is 2.35. The highest BCUT2D eigenvalue weighted by atomic mass is 32.2. The normalized spacial score (nSPS) is 18.4. The number of alkyl halides is 3. The summed E-state index contributed by atoms with van der Waals surface area (Å²) in [4.78, 5) is 0. The molecule has 7 heteroatoms. The molecule has 0 atom stereocenters. The summed E-state index contributed by atoms with van der Waals surface area (Å²) in [6.45, 7) is 3.30. The molecule has 20 heavy (non-hydrogen) atoms. The lowest BCUT2D eigenvalue weighted by atomic mass is 9.90. The second kappa shape index (κ2) is 5.92. The van der Waals surface area contributed by atoms with Crippen LogP contribution < -0.4 is 0 Å². The Balaban J connectivity index is 3.25. The van der Waals surface area contributed by atoms with Gasteiger partial charge in [-0.15, -0.1) is 6.42 Å². The molecule has 112 valence electrons. The van der Waals surface area contributed by atoms with Gasteiger partial charge in [0.15, 0.2) is 0 Å². The van der Waals surface area contributed by atoms with E-state index in [4.69, 9.17) is 6.42 Å². The predicted molar refractivity (Wildman–Crippen MR) is 68.8 cm³/mol. The number of allylic oxidation sites excluding steroid dienone is 4. The highest BCUT2D eigenvalue weighted by Gasteiger charge is 2.49. The van der Waals surface area contributed by atoms with Gasteiger partial charge in [0, 0.05) is 12.0 Å². The zero-order valence-corrected chi connectivity index (χ0v) is 12.0. The molecule has 0 N–H and O–H groups in total. The second-order valence-corrected chi connectivity index (χ2v) is 6.02. The van der Waals surface area contributed by atoms with Gasteiger partial charge in [-0.25, -0.2) is 0 Å². The first-order valence-corrected chi connectivity index (χ1v) is 7.38. The van der Waals surface area contributed by atoms with Crippen molar-refractivity contribution in [1.29, 1.82) is 0 Å². The van der Waals surface area contributed by atoms with Crippen molar-refractivity contribution in [3.63, 3.8) is 0 Å². The Bertz CT molecular complexity index is 589. The molecule has 0 aromatic heterocycles. The Labute approximate surface area is 116 Å².